The third-order valence-electron chi connectivity index (χ3n) is 1.73. The minimum absolute atomic E-state index is 0.233. The fourth-order valence-corrected chi connectivity index (χ4v) is 2.30. The number of nitrogens with one attached hydrogen (secondary N) is 1. The molecular formula is C9H10Cl2N2OS. The number of halogens is 2. The van der Waals surface area contributed by atoms with Gasteiger partial charge in [-0.05, 0) is 24.6 Å². The highest BCUT2D eigenvalue weighted by molar-refractivity contribution is 8.00. The topological polar surface area (TPSA) is 55.1 Å². The van der Waals surface area contributed by atoms with Crippen molar-refractivity contribution in [2.75, 3.05) is 5.75 Å². The molecule has 6 heteroatoms. The van der Waals surface area contributed by atoms with Crippen LogP contribution in [0.3, 0.4) is 0 Å². The van der Waals surface area contributed by atoms with Gasteiger partial charge in [-0.25, -0.2) is 5.84 Å². The zero-order valence-corrected chi connectivity index (χ0v) is 10.3. The van der Waals surface area contributed by atoms with E-state index in [4.69, 9.17) is 29.0 Å². The largest absolute Gasteiger partial charge is 0.294 e. The molecule has 0 aromatic heterocycles. The van der Waals surface area contributed by atoms with E-state index in [0.29, 0.717) is 10.0 Å². The molecule has 0 spiro atoms. The second-order valence-corrected chi connectivity index (χ2v) is 4.72. The first-order valence-electron chi connectivity index (χ1n) is 4.12. The van der Waals surface area contributed by atoms with Crippen LogP contribution >= 0.6 is 35.0 Å². The molecule has 3 nitrogen and oxygen atoms in total. The van der Waals surface area contributed by atoms with Crippen LogP contribution in [0.15, 0.2) is 17.0 Å². The van der Waals surface area contributed by atoms with Gasteiger partial charge in [0.2, 0.25) is 5.91 Å². The molecule has 0 aliphatic rings. The number of thioether (sulfide) groups is 1. The fraction of sp³-hybridized carbons (Fsp3) is 0.222. The molecule has 0 saturated carbocycles. The Morgan fingerprint density at radius 2 is 2.13 bits per heavy atom. The smallest absolute Gasteiger partial charge is 0.244 e. The summed E-state index contributed by atoms with van der Waals surface area (Å²) in [4.78, 5) is 11.7. The molecule has 1 aromatic rings. The van der Waals surface area contributed by atoms with Crippen LogP contribution in [-0.4, -0.2) is 11.7 Å². The summed E-state index contributed by atoms with van der Waals surface area (Å²) in [6.45, 7) is 1.88. The Morgan fingerprint density at radius 3 is 2.73 bits per heavy atom. The minimum atomic E-state index is -0.247. The van der Waals surface area contributed by atoms with Gasteiger partial charge in [0, 0.05) is 9.92 Å². The number of rotatable bonds is 3. The number of amides is 1. The van der Waals surface area contributed by atoms with Gasteiger partial charge in [-0.1, -0.05) is 23.2 Å². The second kappa shape index (κ2) is 5.61. The first-order valence-corrected chi connectivity index (χ1v) is 5.86. The number of benzene rings is 1. The summed E-state index contributed by atoms with van der Waals surface area (Å²) in [7, 11) is 0. The third kappa shape index (κ3) is 3.57. The molecule has 82 valence electrons. The Kier molecular flexibility index (Phi) is 4.73. The number of aryl methyl sites for hydroxylation is 1. The van der Waals surface area contributed by atoms with Crippen LogP contribution in [0.5, 0.6) is 0 Å². The van der Waals surface area contributed by atoms with Crippen LogP contribution in [0.2, 0.25) is 10.0 Å². The van der Waals surface area contributed by atoms with Crippen molar-refractivity contribution in [3.63, 3.8) is 0 Å². The Morgan fingerprint density at radius 1 is 1.47 bits per heavy atom. The standard InChI is InChI=1S/C9H10Cl2N2OS/c1-5-2-8(7(11)3-6(5)10)15-4-9(14)13-12/h2-3H,4,12H2,1H3,(H,13,14). The summed E-state index contributed by atoms with van der Waals surface area (Å²) < 4.78 is 0. The average Bonchev–Trinajstić information content (AvgIpc) is 2.21. The molecule has 3 N–H and O–H groups in total. The lowest BCUT2D eigenvalue weighted by Gasteiger charge is -2.06. The first-order chi connectivity index (χ1) is 7.04. The highest BCUT2D eigenvalue weighted by Gasteiger charge is 2.07. The Balaban J connectivity index is 2.77. The number of carbonyl (C=O) groups excluding carboxylic acids is 1. The molecule has 0 radical (unpaired) electrons. The normalized spacial score (nSPS) is 10.1. The van der Waals surface area contributed by atoms with Crippen molar-refractivity contribution in [1.29, 1.82) is 0 Å². The number of hydrazine groups is 1. The van der Waals surface area contributed by atoms with Gasteiger partial charge in [-0.2, -0.15) is 0 Å². The van der Waals surface area contributed by atoms with Crippen LogP contribution in [0.4, 0.5) is 0 Å². The van der Waals surface area contributed by atoms with E-state index in [0.717, 1.165) is 10.5 Å². The molecule has 0 aliphatic carbocycles. The maximum Gasteiger partial charge on any atom is 0.244 e. The molecule has 0 aliphatic heterocycles. The molecule has 1 rings (SSSR count). The summed E-state index contributed by atoms with van der Waals surface area (Å²) in [6.07, 6.45) is 0. The van der Waals surface area contributed by atoms with Crippen LogP contribution in [0, 0.1) is 6.92 Å². The maximum atomic E-state index is 10.9. The van der Waals surface area contributed by atoms with Crippen LogP contribution in [-0.2, 0) is 4.79 Å². The molecule has 1 aromatic carbocycles. The van der Waals surface area contributed by atoms with Crippen LogP contribution < -0.4 is 11.3 Å². The Bertz CT molecular complexity index is 385. The molecule has 0 heterocycles. The van der Waals surface area contributed by atoms with Crippen molar-refractivity contribution in [2.45, 2.75) is 11.8 Å². The second-order valence-electron chi connectivity index (χ2n) is 2.89. The van der Waals surface area contributed by atoms with Crippen molar-refractivity contribution in [1.82, 2.24) is 5.43 Å². The Labute approximate surface area is 102 Å². The molecule has 1 amide bonds. The summed E-state index contributed by atoms with van der Waals surface area (Å²) in [6, 6.07) is 3.51. The molecule has 0 bridgehead atoms. The van der Waals surface area contributed by atoms with E-state index in [9.17, 15) is 4.79 Å². The average molecular weight is 265 g/mol. The quantitative estimate of drug-likeness (QED) is 0.382. The Hall–Kier alpha value is -0.420. The van der Waals surface area contributed by atoms with E-state index >= 15 is 0 Å². The van der Waals surface area contributed by atoms with Gasteiger partial charge in [0.05, 0.1) is 10.8 Å². The van der Waals surface area contributed by atoms with Crippen LogP contribution in [0.1, 0.15) is 5.56 Å². The zero-order chi connectivity index (χ0) is 11.4. The summed E-state index contributed by atoms with van der Waals surface area (Å²) in [5.41, 5.74) is 2.98. The zero-order valence-electron chi connectivity index (χ0n) is 8.01. The molecular weight excluding hydrogens is 255 g/mol. The number of hydrogen-bond donors (Lipinski definition) is 2. The molecule has 15 heavy (non-hydrogen) atoms. The van der Waals surface area contributed by atoms with E-state index in [1.807, 2.05) is 13.0 Å². The number of nitrogens with two attached hydrogens (primary N) is 1. The minimum Gasteiger partial charge on any atom is -0.294 e. The van der Waals surface area contributed by atoms with Gasteiger partial charge in [0.15, 0.2) is 0 Å². The van der Waals surface area contributed by atoms with Crippen LogP contribution in [0.25, 0.3) is 0 Å². The van der Waals surface area contributed by atoms with Crippen molar-refractivity contribution < 1.29 is 4.79 Å². The van der Waals surface area contributed by atoms with Crippen molar-refractivity contribution in [3.05, 3.63) is 27.7 Å². The predicted octanol–water partition coefficient (Wildman–Crippen LogP) is 2.38. The highest BCUT2D eigenvalue weighted by Crippen LogP contribution is 2.31. The van der Waals surface area contributed by atoms with Crippen molar-refractivity contribution in [2.24, 2.45) is 5.84 Å². The van der Waals surface area contributed by atoms with Gasteiger partial charge >= 0.3 is 0 Å². The lowest BCUT2D eigenvalue weighted by Crippen LogP contribution is -2.31. The van der Waals surface area contributed by atoms with E-state index < -0.39 is 0 Å². The predicted molar refractivity (Wildman–Crippen MR) is 64.3 cm³/mol. The van der Waals surface area contributed by atoms with Crippen molar-refractivity contribution in [3.8, 4) is 0 Å². The number of hydrogen-bond acceptors (Lipinski definition) is 3. The van der Waals surface area contributed by atoms with Gasteiger partial charge in [-0.15, -0.1) is 11.8 Å². The summed E-state index contributed by atoms with van der Waals surface area (Å²) in [5.74, 6) is 4.95. The van der Waals surface area contributed by atoms with Gasteiger partial charge < -0.3 is 0 Å². The van der Waals surface area contributed by atoms with Gasteiger partial charge in [0.1, 0.15) is 0 Å². The van der Waals surface area contributed by atoms with Gasteiger partial charge in [0.25, 0.3) is 0 Å². The van der Waals surface area contributed by atoms with Crippen molar-refractivity contribution >= 4 is 40.9 Å². The first kappa shape index (κ1) is 12.6. The molecule has 0 saturated heterocycles. The number of carbonyl (C=O) groups is 1. The van der Waals surface area contributed by atoms with E-state index in [1.54, 1.807) is 6.07 Å². The maximum absolute atomic E-state index is 10.9. The van der Waals surface area contributed by atoms with Gasteiger partial charge in [-0.3, -0.25) is 10.2 Å². The monoisotopic (exact) mass is 264 g/mol. The third-order valence-corrected chi connectivity index (χ3v) is 3.62. The SMILES string of the molecule is Cc1cc(SCC(=O)NN)c(Cl)cc1Cl. The fourth-order valence-electron chi connectivity index (χ4n) is 0.926. The van der Waals surface area contributed by atoms with E-state index in [1.165, 1.54) is 11.8 Å². The lowest BCUT2D eigenvalue weighted by atomic mass is 10.2. The highest BCUT2D eigenvalue weighted by atomic mass is 35.5. The van der Waals surface area contributed by atoms with E-state index in [-0.39, 0.29) is 11.7 Å². The van der Waals surface area contributed by atoms with E-state index in [2.05, 4.69) is 5.43 Å². The summed E-state index contributed by atoms with van der Waals surface area (Å²) in [5, 5.41) is 1.16. The molecule has 0 unspecified atom stereocenters. The molecule has 0 fully saturated rings. The molecule has 0 atom stereocenters. The summed E-state index contributed by atoms with van der Waals surface area (Å²) >= 11 is 13.2. The lowest BCUT2D eigenvalue weighted by molar-refractivity contribution is -0.118.